The van der Waals surface area contributed by atoms with E-state index in [1.807, 2.05) is 30.3 Å². The SMILES string of the molecule is C#CC1=C(C(=O)c2ccccc2)CCC1. The highest BCUT2D eigenvalue weighted by Crippen LogP contribution is 2.28. The molecule has 0 unspecified atom stereocenters. The molecule has 0 aliphatic heterocycles. The zero-order valence-corrected chi connectivity index (χ0v) is 8.49. The zero-order valence-electron chi connectivity index (χ0n) is 8.49. The summed E-state index contributed by atoms with van der Waals surface area (Å²) in [5.74, 6) is 2.72. The van der Waals surface area contributed by atoms with Gasteiger partial charge in [0.15, 0.2) is 5.78 Å². The molecule has 0 aromatic heterocycles. The molecule has 1 nitrogen and oxygen atoms in total. The van der Waals surface area contributed by atoms with Crippen molar-refractivity contribution in [1.82, 2.24) is 0 Å². The van der Waals surface area contributed by atoms with Crippen LogP contribution in [0.2, 0.25) is 0 Å². The van der Waals surface area contributed by atoms with E-state index in [0.29, 0.717) is 0 Å². The fourth-order valence-electron chi connectivity index (χ4n) is 1.92. The minimum atomic E-state index is 0.0982. The van der Waals surface area contributed by atoms with Crippen LogP contribution in [-0.2, 0) is 0 Å². The molecule has 1 aliphatic rings. The van der Waals surface area contributed by atoms with E-state index in [0.717, 1.165) is 36.0 Å². The summed E-state index contributed by atoms with van der Waals surface area (Å²) < 4.78 is 0. The van der Waals surface area contributed by atoms with Gasteiger partial charge in [0, 0.05) is 16.7 Å². The topological polar surface area (TPSA) is 17.1 Å². The smallest absolute Gasteiger partial charge is 0.189 e. The van der Waals surface area contributed by atoms with Crippen LogP contribution in [0.4, 0.5) is 0 Å². The lowest BCUT2D eigenvalue weighted by atomic mass is 10.0. The molecule has 0 amide bonds. The summed E-state index contributed by atoms with van der Waals surface area (Å²) in [6.07, 6.45) is 8.09. The highest BCUT2D eigenvalue weighted by molar-refractivity contribution is 6.09. The first-order valence-corrected chi connectivity index (χ1v) is 5.11. The molecule has 2 rings (SSSR count). The summed E-state index contributed by atoms with van der Waals surface area (Å²) in [5, 5.41) is 0. The predicted octanol–water partition coefficient (Wildman–Crippen LogP) is 2.98. The largest absolute Gasteiger partial charge is 0.289 e. The van der Waals surface area contributed by atoms with E-state index in [4.69, 9.17) is 6.42 Å². The maximum Gasteiger partial charge on any atom is 0.189 e. The maximum atomic E-state index is 12.1. The lowest BCUT2D eigenvalue weighted by Gasteiger charge is -2.02. The molecular weight excluding hydrogens is 184 g/mol. The standard InChI is InChI=1S/C14H12O/c1-2-11-9-6-10-13(11)14(15)12-7-4-3-5-8-12/h1,3-5,7-8H,6,9-10H2. The molecule has 0 N–H and O–H groups in total. The van der Waals surface area contributed by atoms with Gasteiger partial charge in [0.05, 0.1) is 0 Å². The molecule has 0 spiro atoms. The van der Waals surface area contributed by atoms with E-state index >= 15 is 0 Å². The number of Topliss-reactive ketones (excluding diaryl/α,β-unsaturated/α-hetero) is 1. The van der Waals surface area contributed by atoms with Crippen LogP contribution in [0, 0.1) is 12.3 Å². The monoisotopic (exact) mass is 196 g/mol. The molecule has 1 aromatic rings. The second-order valence-electron chi connectivity index (χ2n) is 3.65. The summed E-state index contributed by atoms with van der Waals surface area (Å²) in [5.41, 5.74) is 2.47. The number of rotatable bonds is 2. The minimum absolute atomic E-state index is 0.0982. The quantitative estimate of drug-likeness (QED) is 0.525. The molecule has 1 aliphatic carbocycles. The summed E-state index contributed by atoms with van der Waals surface area (Å²) in [6.45, 7) is 0. The molecule has 0 radical (unpaired) electrons. The Labute approximate surface area is 89.8 Å². The summed E-state index contributed by atoms with van der Waals surface area (Å²) in [4.78, 5) is 12.1. The molecule has 15 heavy (non-hydrogen) atoms. The third kappa shape index (κ3) is 1.85. The van der Waals surface area contributed by atoms with Crippen molar-refractivity contribution in [1.29, 1.82) is 0 Å². The molecular formula is C14H12O. The summed E-state index contributed by atoms with van der Waals surface area (Å²) in [6, 6.07) is 9.32. The Balaban J connectivity index is 2.34. The van der Waals surface area contributed by atoms with Gasteiger partial charge < -0.3 is 0 Å². The molecule has 0 saturated carbocycles. The Morgan fingerprint density at radius 1 is 1.20 bits per heavy atom. The number of hydrogen-bond donors (Lipinski definition) is 0. The molecule has 0 fully saturated rings. The van der Waals surface area contributed by atoms with Crippen LogP contribution in [0.25, 0.3) is 0 Å². The van der Waals surface area contributed by atoms with Crippen LogP contribution in [0.5, 0.6) is 0 Å². The second kappa shape index (κ2) is 4.14. The Hall–Kier alpha value is -1.81. The molecule has 0 saturated heterocycles. The molecule has 1 aromatic carbocycles. The van der Waals surface area contributed by atoms with E-state index in [9.17, 15) is 4.79 Å². The van der Waals surface area contributed by atoms with Crippen molar-refractivity contribution in [3.05, 3.63) is 47.0 Å². The first-order valence-electron chi connectivity index (χ1n) is 5.11. The van der Waals surface area contributed by atoms with E-state index in [-0.39, 0.29) is 5.78 Å². The van der Waals surface area contributed by atoms with Crippen molar-refractivity contribution in [2.75, 3.05) is 0 Å². The van der Waals surface area contributed by atoms with Crippen molar-refractivity contribution in [2.45, 2.75) is 19.3 Å². The number of hydrogen-bond acceptors (Lipinski definition) is 1. The average Bonchev–Trinajstić information content (AvgIpc) is 2.77. The van der Waals surface area contributed by atoms with Crippen molar-refractivity contribution in [2.24, 2.45) is 0 Å². The number of terminal acetylenes is 1. The Kier molecular flexibility index (Phi) is 2.69. The summed E-state index contributed by atoms with van der Waals surface area (Å²) >= 11 is 0. The van der Waals surface area contributed by atoms with Gasteiger partial charge in [-0.1, -0.05) is 36.3 Å². The van der Waals surface area contributed by atoms with Crippen molar-refractivity contribution >= 4 is 5.78 Å². The third-order valence-electron chi connectivity index (χ3n) is 2.70. The highest BCUT2D eigenvalue weighted by atomic mass is 16.1. The predicted molar refractivity (Wildman–Crippen MR) is 60.5 cm³/mol. The Bertz CT molecular complexity index is 446. The molecule has 0 heterocycles. The molecule has 0 atom stereocenters. The van der Waals surface area contributed by atoms with Gasteiger partial charge in [0.25, 0.3) is 0 Å². The second-order valence-corrected chi connectivity index (χ2v) is 3.65. The number of ketones is 1. The van der Waals surface area contributed by atoms with Gasteiger partial charge in [-0.3, -0.25) is 4.79 Å². The lowest BCUT2D eigenvalue weighted by Crippen LogP contribution is -2.02. The van der Waals surface area contributed by atoms with E-state index in [2.05, 4.69) is 5.92 Å². The van der Waals surface area contributed by atoms with Gasteiger partial charge in [-0.15, -0.1) is 6.42 Å². The van der Waals surface area contributed by atoms with Gasteiger partial charge in [-0.25, -0.2) is 0 Å². The average molecular weight is 196 g/mol. The third-order valence-corrected chi connectivity index (χ3v) is 2.70. The van der Waals surface area contributed by atoms with Crippen LogP contribution in [0.15, 0.2) is 41.5 Å². The molecule has 1 heteroatoms. The van der Waals surface area contributed by atoms with Crippen LogP contribution in [0.3, 0.4) is 0 Å². The lowest BCUT2D eigenvalue weighted by molar-refractivity contribution is 0.103. The van der Waals surface area contributed by atoms with Gasteiger partial charge in [-0.05, 0) is 19.3 Å². The van der Waals surface area contributed by atoms with E-state index in [1.54, 1.807) is 0 Å². The van der Waals surface area contributed by atoms with Crippen LogP contribution in [0.1, 0.15) is 29.6 Å². The maximum absolute atomic E-state index is 12.1. The molecule has 0 bridgehead atoms. The zero-order chi connectivity index (χ0) is 10.7. The number of carbonyl (C=O) groups excluding carboxylic acids is 1. The van der Waals surface area contributed by atoms with E-state index in [1.165, 1.54) is 0 Å². The van der Waals surface area contributed by atoms with Crippen LogP contribution >= 0.6 is 0 Å². The first kappa shape index (κ1) is 9.73. The minimum Gasteiger partial charge on any atom is -0.289 e. The highest BCUT2D eigenvalue weighted by Gasteiger charge is 2.20. The number of carbonyl (C=O) groups is 1. The molecule has 74 valence electrons. The van der Waals surface area contributed by atoms with Crippen molar-refractivity contribution < 1.29 is 4.79 Å². The Morgan fingerprint density at radius 3 is 2.60 bits per heavy atom. The normalized spacial score (nSPS) is 15.1. The van der Waals surface area contributed by atoms with Gasteiger partial charge in [0.1, 0.15) is 0 Å². The van der Waals surface area contributed by atoms with Crippen molar-refractivity contribution in [3.63, 3.8) is 0 Å². The fraction of sp³-hybridized carbons (Fsp3) is 0.214. The number of benzene rings is 1. The van der Waals surface area contributed by atoms with Crippen LogP contribution < -0.4 is 0 Å². The van der Waals surface area contributed by atoms with Crippen molar-refractivity contribution in [3.8, 4) is 12.3 Å². The first-order chi connectivity index (χ1) is 7.33. The Morgan fingerprint density at radius 2 is 1.93 bits per heavy atom. The van der Waals surface area contributed by atoms with Gasteiger partial charge in [0.2, 0.25) is 0 Å². The van der Waals surface area contributed by atoms with Crippen LogP contribution in [-0.4, -0.2) is 5.78 Å². The van der Waals surface area contributed by atoms with Gasteiger partial charge in [-0.2, -0.15) is 0 Å². The van der Waals surface area contributed by atoms with Gasteiger partial charge >= 0.3 is 0 Å². The fourth-order valence-corrected chi connectivity index (χ4v) is 1.92. The summed E-state index contributed by atoms with van der Waals surface area (Å²) in [7, 11) is 0. The number of allylic oxidation sites excluding steroid dienone is 2. The van der Waals surface area contributed by atoms with E-state index < -0.39 is 0 Å².